The van der Waals surface area contributed by atoms with Gasteiger partial charge in [0.2, 0.25) is 11.8 Å². The molecule has 3 heterocycles. The predicted octanol–water partition coefficient (Wildman–Crippen LogP) is 1.07. The van der Waals surface area contributed by atoms with Crippen molar-refractivity contribution in [2.24, 2.45) is 5.41 Å². The summed E-state index contributed by atoms with van der Waals surface area (Å²) in [6, 6.07) is 1.94. The second-order valence-corrected chi connectivity index (χ2v) is 7.18. The fraction of sp³-hybridized carbons (Fsp3) is 0.722. The Morgan fingerprint density at radius 1 is 1.32 bits per heavy atom. The van der Waals surface area contributed by atoms with Crippen molar-refractivity contribution in [2.75, 3.05) is 39.9 Å². The van der Waals surface area contributed by atoms with E-state index in [1.807, 2.05) is 27.5 Å². The number of methoxy groups -OCH3 is 1. The minimum atomic E-state index is -0.372. The van der Waals surface area contributed by atoms with Gasteiger partial charge in [-0.15, -0.1) is 0 Å². The van der Waals surface area contributed by atoms with Crippen molar-refractivity contribution in [1.29, 1.82) is 0 Å². The lowest BCUT2D eigenvalue weighted by Gasteiger charge is -2.39. The van der Waals surface area contributed by atoms with Gasteiger partial charge in [0.05, 0.1) is 12.0 Å². The first kappa shape index (κ1) is 17.9. The summed E-state index contributed by atoms with van der Waals surface area (Å²) in [4.78, 5) is 29.3. The van der Waals surface area contributed by atoms with Crippen molar-refractivity contribution >= 4 is 11.8 Å². The van der Waals surface area contributed by atoms with E-state index in [4.69, 9.17) is 4.74 Å². The summed E-state index contributed by atoms with van der Waals surface area (Å²) in [6.07, 6.45) is 4.85. The molecular weight excluding hydrogens is 320 g/mol. The van der Waals surface area contributed by atoms with Crippen LogP contribution in [0.2, 0.25) is 0 Å². The molecule has 1 aromatic rings. The van der Waals surface area contributed by atoms with E-state index in [1.165, 1.54) is 0 Å². The number of aryl methyl sites for hydroxylation is 2. The molecule has 138 valence electrons. The van der Waals surface area contributed by atoms with Gasteiger partial charge in [-0.05, 0) is 32.3 Å². The maximum atomic E-state index is 12.9. The summed E-state index contributed by atoms with van der Waals surface area (Å²) in [5, 5.41) is 4.22. The first-order valence-electron chi connectivity index (χ1n) is 9.10. The van der Waals surface area contributed by atoms with E-state index in [1.54, 1.807) is 13.3 Å². The highest BCUT2D eigenvalue weighted by atomic mass is 16.5. The van der Waals surface area contributed by atoms with Crippen LogP contribution in [0, 0.1) is 12.3 Å². The molecule has 7 heteroatoms. The van der Waals surface area contributed by atoms with Crippen LogP contribution in [0.15, 0.2) is 12.3 Å². The van der Waals surface area contributed by atoms with Gasteiger partial charge in [-0.3, -0.25) is 14.3 Å². The first-order valence-corrected chi connectivity index (χ1v) is 9.10. The SMILES string of the molecule is COCCN1CCC[C@]2(CCN(C(=O)CCn3nccc3C)C2)C1=O. The highest BCUT2D eigenvalue weighted by Crippen LogP contribution is 2.40. The number of carbonyl (C=O) groups excluding carboxylic acids is 2. The number of rotatable bonds is 6. The molecule has 7 nitrogen and oxygen atoms in total. The molecule has 25 heavy (non-hydrogen) atoms. The molecule has 2 aliphatic heterocycles. The van der Waals surface area contributed by atoms with Crippen LogP contribution in [0.1, 0.15) is 31.4 Å². The van der Waals surface area contributed by atoms with Gasteiger partial charge >= 0.3 is 0 Å². The lowest BCUT2D eigenvalue weighted by atomic mass is 9.78. The monoisotopic (exact) mass is 348 g/mol. The molecule has 3 rings (SSSR count). The number of carbonyl (C=O) groups is 2. The molecule has 0 saturated carbocycles. The van der Waals surface area contributed by atoms with Gasteiger partial charge < -0.3 is 14.5 Å². The average molecular weight is 348 g/mol. The zero-order valence-corrected chi connectivity index (χ0v) is 15.2. The summed E-state index contributed by atoms with van der Waals surface area (Å²) in [6.45, 7) is 5.83. The fourth-order valence-electron chi connectivity index (χ4n) is 4.02. The molecule has 0 unspecified atom stereocenters. The van der Waals surface area contributed by atoms with Gasteiger partial charge in [-0.2, -0.15) is 5.10 Å². The summed E-state index contributed by atoms with van der Waals surface area (Å²) in [5.41, 5.74) is 0.686. The maximum absolute atomic E-state index is 12.9. The van der Waals surface area contributed by atoms with Crippen LogP contribution in [-0.2, 0) is 20.9 Å². The Labute approximate surface area is 148 Å². The normalized spacial score (nSPS) is 23.7. The van der Waals surface area contributed by atoms with Crippen LogP contribution in [0.4, 0.5) is 0 Å². The molecule has 1 atom stereocenters. The quantitative estimate of drug-likeness (QED) is 0.771. The molecule has 1 aromatic heterocycles. The van der Waals surface area contributed by atoms with Crippen LogP contribution in [0.3, 0.4) is 0 Å². The van der Waals surface area contributed by atoms with Crippen LogP contribution >= 0.6 is 0 Å². The Kier molecular flexibility index (Phi) is 5.42. The van der Waals surface area contributed by atoms with E-state index in [-0.39, 0.29) is 17.2 Å². The lowest BCUT2D eigenvalue weighted by molar-refractivity contribution is -0.146. The van der Waals surface area contributed by atoms with Crippen molar-refractivity contribution in [2.45, 2.75) is 39.2 Å². The average Bonchev–Trinajstić information content (AvgIpc) is 3.21. The third-order valence-electron chi connectivity index (χ3n) is 5.56. The van der Waals surface area contributed by atoms with Gasteiger partial charge in [0.1, 0.15) is 0 Å². The first-order chi connectivity index (χ1) is 12.1. The Balaban J connectivity index is 1.57. The van der Waals surface area contributed by atoms with Gasteiger partial charge in [0, 0.05) is 58.1 Å². The van der Waals surface area contributed by atoms with Gasteiger partial charge in [-0.25, -0.2) is 0 Å². The number of nitrogens with zero attached hydrogens (tertiary/aromatic N) is 4. The highest BCUT2D eigenvalue weighted by Gasteiger charge is 2.49. The molecule has 1 spiro atoms. The topological polar surface area (TPSA) is 67.7 Å². The second-order valence-electron chi connectivity index (χ2n) is 7.18. The number of aromatic nitrogens is 2. The Bertz CT molecular complexity index is 630. The molecule has 0 aromatic carbocycles. The van der Waals surface area contributed by atoms with Crippen molar-refractivity contribution < 1.29 is 14.3 Å². The zero-order chi connectivity index (χ0) is 17.9. The number of piperidine rings is 1. The summed E-state index contributed by atoms with van der Waals surface area (Å²) in [5.74, 6) is 0.322. The van der Waals surface area contributed by atoms with Crippen molar-refractivity contribution in [3.63, 3.8) is 0 Å². The van der Waals surface area contributed by atoms with E-state index < -0.39 is 0 Å². The molecule has 0 aliphatic carbocycles. The van der Waals surface area contributed by atoms with Crippen LogP contribution in [0.5, 0.6) is 0 Å². The number of hydrogen-bond acceptors (Lipinski definition) is 4. The minimum absolute atomic E-state index is 0.119. The van der Waals surface area contributed by atoms with Gasteiger partial charge in [-0.1, -0.05) is 0 Å². The minimum Gasteiger partial charge on any atom is -0.383 e. The molecule has 0 bridgehead atoms. The van der Waals surface area contributed by atoms with Crippen LogP contribution < -0.4 is 0 Å². The second kappa shape index (κ2) is 7.56. The largest absolute Gasteiger partial charge is 0.383 e. The smallest absolute Gasteiger partial charge is 0.230 e. The molecule has 2 fully saturated rings. The number of hydrogen-bond donors (Lipinski definition) is 0. The Morgan fingerprint density at radius 3 is 2.88 bits per heavy atom. The van der Waals surface area contributed by atoms with Crippen molar-refractivity contribution in [3.8, 4) is 0 Å². The number of amides is 2. The third kappa shape index (κ3) is 3.71. The van der Waals surface area contributed by atoms with Gasteiger partial charge in [0.25, 0.3) is 0 Å². The standard InChI is InChI=1S/C18H28N4O3/c1-15-4-8-19-22(15)10-5-16(23)21-11-7-18(14-21)6-3-9-20(17(18)24)12-13-25-2/h4,8H,3,5-7,9-14H2,1-2H3/t18-/m1/s1. The van der Waals surface area contributed by atoms with Crippen LogP contribution in [0.25, 0.3) is 0 Å². The van der Waals surface area contributed by atoms with Crippen molar-refractivity contribution in [3.05, 3.63) is 18.0 Å². The Hall–Kier alpha value is -1.89. The summed E-state index contributed by atoms with van der Waals surface area (Å²) >= 11 is 0. The zero-order valence-electron chi connectivity index (χ0n) is 15.2. The fourth-order valence-corrected chi connectivity index (χ4v) is 4.02. The summed E-state index contributed by atoms with van der Waals surface area (Å²) < 4.78 is 6.96. The highest BCUT2D eigenvalue weighted by molar-refractivity contribution is 5.86. The van der Waals surface area contributed by atoms with E-state index in [9.17, 15) is 9.59 Å². The molecule has 2 saturated heterocycles. The summed E-state index contributed by atoms with van der Waals surface area (Å²) in [7, 11) is 1.65. The molecular formula is C18H28N4O3. The maximum Gasteiger partial charge on any atom is 0.230 e. The predicted molar refractivity (Wildman–Crippen MR) is 92.9 cm³/mol. The Morgan fingerprint density at radius 2 is 2.16 bits per heavy atom. The van der Waals surface area contributed by atoms with E-state index in [2.05, 4.69) is 5.10 Å². The van der Waals surface area contributed by atoms with Crippen LogP contribution in [-0.4, -0.2) is 71.3 Å². The molecule has 0 N–H and O–H groups in total. The van der Waals surface area contributed by atoms with E-state index in [0.717, 1.165) is 31.5 Å². The number of likely N-dealkylation sites (tertiary alicyclic amines) is 2. The molecule has 2 aliphatic rings. The molecule has 0 radical (unpaired) electrons. The number of ether oxygens (including phenoxy) is 1. The van der Waals surface area contributed by atoms with Gasteiger partial charge in [0.15, 0.2) is 0 Å². The molecule has 2 amide bonds. The van der Waals surface area contributed by atoms with E-state index >= 15 is 0 Å². The van der Waals surface area contributed by atoms with E-state index in [0.29, 0.717) is 39.2 Å². The third-order valence-corrected chi connectivity index (χ3v) is 5.56. The van der Waals surface area contributed by atoms with Crippen molar-refractivity contribution in [1.82, 2.24) is 19.6 Å². The lowest BCUT2D eigenvalue weighted by Crippen LogP contribution is -2.51.